The lowest BCUT2D eigenvalue weighted by molar-refractivity contribution is -0.122. The van der Waals surface area contributed by atoms with E-state index in [1.54, 1.807) is 11.8 Å². The second-order valence-corrected chi connectivity index (χ2v) is 4.73. The van der Waals surface area contributed by atoms with E-state index in [2.05, 4.69) is 12.2 Å². The summed E-state index contributed by atoms with van der Waals surface area (Å²) >= 11 is 1.72. The highest BCUT2D eigenvalue weighted by atomic mass is 32.2. The second kappa shape index (κ2) is 10.3. The number of carbonyl (C=O) groups is 1. The third kappa shape index (κ3) is 8.75. The molecule has 0 aliphatic heterocycles. The second-order valence-electron chi connectivity index (χ2n) is 3.74. The van der Waals surface area contributed by atoms with E-state index in [0.29, 0.717) is 0 Å². The smallest absolute Gasteiger partial charge is 0.236 e. The number of thioether (sulfide) groups is 1. The van der Waals surface area contributed by atoms with Crippen LogP contribution >= 0.6 is 11.8 Å². The molecule has 0 rings (SSSR count). The summed E-state index contributed by atoms with van der Waals surface area (Å²) in [5.74, 6) is 0.949. The van der Waals surface area contributed by atoms with Crippen molar-refractivity contribution in [2.75, 3.05) is 18.6 Å². The standard InChI is InChI=1S/C11H24N2OS/c1-3-4-5-6-8-13-11(14)10(12)7-9-15-2/h10H,3-9,12H2,1-2H3,(H,13,14)/t10-/m0/s1. The summed E-state index contributed by atoms with van der Waals surface area (Å²) in [6.07, 6.45) is 7.51. The molecule has 4 heteroatoms. The van der Waals surface area contributed by atoms with Gasteiger partial charge in [-0.1, -0.05) is 26.2 Å². The molecule has 0 radical (unpaired) electrons. The highest BCUT2D eigenvalue weighted by molar-refractivity contribution is 7.98. The van der Waals surface area contributed by atoms with Crippen LogP contribution < -0.4 is 11.1 Å². The first-order valence-corrected chi connectivity index (χ1v) is 7.14. The minimum atomic E-state index is -0.330. The number of rotatable bonds is 9. The van der Waals surface area contributed by atoms with Gasteiger partial charge in [-0.25, -0.2) is 0 Å². The van der Waals surface area contributed by atoms with E-state index in [1.807, 2.05) is 6.26 Å². The van der Waals surface area contributed by atoms with Crippen molar-refractivity contribution < 1.29 is 4.79 Å². The van der Waals surface area contributed by atoms with Gasteiger partial charge in [-0.15, -0.1) is 0 Å². The molecular formula is C11H24N2OS. The number of hydrogen-bond acceptors (Lipinski definition) is 3. The van der Waals surface area contributed by atoms with Crippen LogP contribution in [0.15, 0.2) is 0 Å². The Morgan fingerprint density at radius 2 is 2.13 bits per heavy atom. The number of nitrogens with one attached hydrogen (secondary N) is 1. The van der Waals surface area contributed by atoms with Gasteiger partial charge < -0.3 is 11.1 Å². The predicted molar refractivity (Wildman–Crippen MR) is 68.1 cm³/mol. The van der Waals surface area contributed by atoms with Crippen LogP contribution in [-0.2, 0) is 4.79 Å². The fourth-order valence-corrected chi connectivity index (χ4v) is 1.76. The average Bonchev–Trinajstić information content (AvgIpc) is 2.25. The van der Waals surface area contributed by atoms with E-state index in [1.165, 1.54) is 19.3 Å². The first kappa shape index (κ1) is 14.8. The molecule has 0 saturated carbocycles. The molecule has 15 heavy (non-hydrogen) atoms. The summed E-state index contributed by atoms with van der Waals surface area (Å²) in [5, 5.41) is 2.88. The van der Waals surface area contributed by atoms with Crippen molar-refractivity contribution in [1.82, 2.24) is 5.32 Å². The summed E-state index contributed by atoms with van der Waals surface area (Å²) in [4.78, 5) is 11.4. The van der Waals surface area contributed by atoms with Gasteiger partial charge in [-0.05, 0) is 24.9 Å². The maximum atomic E-state index is 11.4. The molecule has 0 aromatic rings. The predicted octanol–water partition coefficient (Wildman–Crippen LogP) is 1.76. The topological polar surface area (TPSA) is 55.1 Å². The van der Waals surface area contributed by atoms with Gasteiger partial charge in [0.1, 0.15) is 0 Å². The van der Waals surface area contributed by atoms with Crippen molar-refractivity contribution in [1.29, 1.82) is 0 Å². The fraction of sp³-hybridized carbons (Fsp3) is 0.909. The van der Waals surface area contributed by atoms with E-state index in [4.69, 9.17) is 5.73 Å². The molecule has 3 nitrogen and oxygen atoms in total. The van der Waals surface area contributed by atoms with E-state index in [0.717, 1.165) is 25.1 Å². The number of nitrogens with two attached hydrogens (primary N) is 1. The van der Waals surface area contributed by atoms with Crippen molar-refractivity contribution in [3.05, 3.63) is 0 Å². The largest absolute Gasteiger partial charge is 0.355 e. The molecular weight excluding hydrogens is 208 g/mol. The molecule has 0 heterocycles. The lowest BCUT2D eigenvalue weighted by Gasteiger charge is -2.11. The Hall–Kier alpha value is -0.220. The van der Waals surface area contributed by atoms with Crippen LogP contribution in [0.1, 0.15) is 39.0 Å². The van der Waals surface area contributed by atoms with Gasteiger partial charge in [0, 0.05) is 6.54 Å². The summed E-state index contributed by atoms with van der Waals surface area (Å²) in [6, 6.07) is -0.330. The molecule has 0 aromatic carbocycles. The van der Waals surface area contributed by atoms with Crippen LogP contribution in [0.4, 0.5) is 0 Å². The lowest BCUT2D eigenvalue weighted by atomic mass is 10.2. The summed E-state index contributed by atoms with van der Waals surface area (Å²) < 4.78 is 0. The normalized spacial score (nSPS) is 12.5. The Morgan fingerprint density at radius 3 is 2.73 bits per heavy atom. The SMILES string of the molecule is CCCCCCNC(=O)[C@@H](N)CCSC. The number of amides is 1. The fourth-order valence-electron chi connectivity index (χ4n) is 1.27. The van der Waals surface area contributed by atoms with Crippen LogP contribution in [0.2, 0.25) is 0 Å². The monoisotopic (exact) mass is 232 g/mol. The van der Waals surface area contributed by atoms with E-state index >= 15 is 0 Å². The summed E-state index contributed by atoms with van der Waals surface area (Å²) in [6.45, 7) is 2.95. The summed E-state index contributed by atoms with van der Waals surface area (Å²) in [5.41, 5.74) is 5.72. The summed E-state index contributed by atoms with van der Waals surface area (Å²) in [7, 11) is 0. The average molecular weight is 232 g/mol. The molecule has 0 unspecified atom stereocenters. The van der Waals surface area contributed by atoms with Crippen LogP contribution in [0, 0.1) is 0 Å². The molecule has 0 spiro atoms. The van der Waals surface area contributed by atoms with Gasteiger partial charge in [0.2, 0.25) is 5.91 Å². The van der Waals surface area contributed by atoms with E-state index in [-0.39, 0.29) is 11.9 Å². The Kier molecular flexibility index (Phi) is 10.2. The quantitative estimate of drug-likeness (QED) is 0.596. The highest BCUT2D eigenvalue weighted by Gasteiger charge is 2.11. The molecule has 0 aliphatic rings. The zero-order valence-corrected chi connectivity index (χ0v) is 10.7. The van der Waals surface area contributed by atoms with Crippen molar-refractivity contribution in [2.24, 2.45) is 5.73 Å². The van der Waals surface area contributed by atoms with Gasteiger partial charge in [-0.3, -0.25) is 4.79 Å². The molecule has 90 valence electrons. The van der Waals surface area contributed by atoms with Crippen molar-refractivity contribution in [3.63, 3.8) is 0 Å². The van der Waals surface area contributed by atoms with Gasteiger partial charge in [0.25, 0.3) is 0 Å². The van der Waals surface area contributed by atoms with Crippen molar-refractivity contribution >= 4 is 17.7 Å². The Balaban J connectivity index is 3.38. The Morgan fingerprint density at radius 1 is 1.40 bits per heavy atom. The molecule has 3 N–H and O–H groups in total. The van der Waals surface area contributed by atoms with Crippen molar-refractivity contribution in [3.8, 4) is 0 Å². The lowest BCUT2D eigenvalue weighted by Crippen LogP contribution is -2.41. The number of carbonyl (C=O) groups excluding carboxylic acids is 1. The van der Waals surface area contributed by atoms with Crippen molar-refractivity contribution in [2.45, 2.75) is 45.1 Å². The van der Waals surface area contributed by atoms with Gasteiger partial charge in [-0.2, -0.15) is 11.8 Å². The van der Waals surface area contributed by atoms with Crippen LogP contribution in [0.25, 0.3) is 0 Å². The number of hydrogen-bond donors (Lipinski definition) is 2. The van der Waals surface area contributed by atoms with Gasteiger partial charge in [0.05, 0.1) is 6.04 Å². The zero-order valence-electron chi connectivity index (χ0n) is 9.92. The first-order chi connectivity index (χ1) is 7.22. The molecule has 0 fully saturated rings. The van der Waals surface area contributed by atoms with Crippen LogP contribution in [0.5, 0.6) is 0 Å². The molecule has 1 atom stereocenters. The number of unbranched alkanes of at least 4 members (excludes halogenated alkanes) is 3. The van der Waals surface area contributed by atoms with Gasteiger partial charge >= 0.3 is 0 Å². The maximum absolute atomic E-state index is 11.4. The molecule has 1 amide bonds. The highest BCUT2D eigenvalue weighted by Crippen LogP contribution is 2.00. The van der Waals surface area contributed by atoms with E-state index < -0.39 is 0 Å². The first-order valence-electron chi connectivity index (χ1n) is 5.74. The minimum absolute atomic E-state index is 0.000508. The Bertz CT molecular complexity index is 165. The molecule has 0 aliphatic carbocycles. The van der Waals surface area contributed by atoms with Crippen LogP contribution in [-0.4, -0.2) is 30.5 Å². The van der Waals surface area contributed by atoms with Crippen LogP contribution in [0.3, 0.4) is 0 Å². The zero-order chi connectivity index (χ0) is 11.5. The third-order valence-electron chi connectivity index (χ3n) is 2.30. The minimum Gasteiger partial charge on any atom is -0.355 e. The van der Waals surface area contributed by atoms with E-state index in [9.17, 15) is 4.79 Å². The van der Waals surface area contributed by atoms with Gasteiger partial charge in [0.15, 0.2) is 0 Å². The third-order valence-corrected chi connectivity index (χ3v) is 2.94. The molecule has 0 bridgehead atoms. The maximum Gasteiger partial charge on any atom is 0.236 e. The molecule has 0 aromatic heterocycles. The molecule has 0 saturated heterocycles. The Labute approximate surface area is 97.6 Å².